The quantitative estimate of drug-likeness (QED) is 0.525. The van der Waals surface area contributed by atoms with Gasteiger partial charge in [-0.15, -0.1) is 0 Å². The molecule has 0 saturated heterocycles. The molecule has 3 aromatic carbocycles. The fourth-order valence-electron chi connectivity index (χ4n) is 2.42. The number of aryl methyl sites for hydroxylation is 1. The molecule has 3 heteroatoms. The maximum Gasteiger partial charge on any atom is 0.352 e. The number of benzene rings is 3. The summed E-state index contributed by atoms with van der Waals surface area (Å²) in [7, 11) is 0. The highest BCUT2D eigenvalue weighted by Crippen LogP contribution is 2.25. The predicted octanol–water partition coefficient (Wildman–Crippen LogP) is 4.52. The lowest BCUT2D eigenvalue weighted by atomic mass is 10.1. The summed E-state index contributed by atoms with van der Waals surface area (Å²) in [6.45, 7) is 3.67. The lowest BCUT2D eigenvalue weighted by molar-refractivity contribution is -0.141. The number of fused-ring (bicyclic) bond motifs is 1. The van der Waals surface area contributed by atoms with Gasteiger partial charge < -0.3 is 9.47 Å². The Bertz CT molecular complexity index is 834. The van der Waals surface area contributed by atoms with Crippen molar-refractivity contribution in [1.82, 2.24) is 0 Å². The van der Waals surface area contributed by atoms with E-state index < -0.39 is 12.1 Å². The first kappa shape index (κ1) is 15.1. The van der Waals surface area contributed by atoms with Gasteiger partial charge in [0.25, 0.3) is 0 Å². The van der Waals surface area contributed by atoms with Crippen molar-refractivity contribution in [2.75, 3.05) is 0 Å². The number of carbonyl (C=O) groups excluding carboxylic acids is 1. The minimum atomic E-state index is -0.684. The van der Waals surface area contributed by atoms with Crippen LogP contribution in [0.4, 0.5) is 0 Å². The van der Waals surface area contributed by atoms with Crippen molar-refractivity contribution in [2.45, 2.75) is 20.0 Å². The van der Waals surface area contributed by atoms with Gasteiger partial charge in [0.1, 0.15) is 11.5 Å². The normalized spacial score (nSPS) is 11.9. The van der Waals surface area contributed by atoms with Crippen LogP contribution in [0.2, 0.25) is 0 Å². The van der Waals surface area contributed by atoms with Crippen molar-refractivity contribution in [3.8, 4) is 11.5 Å². The average Bonchev–Trinajstić information content (AvgIpc) is 2.55. The molecular weight excluding hydrogens is 288 g/mol. The van der Waals surface area contributed by atoms with Crippen LogP contribution in [0, 0.1) is 6.92 Å². The zero-order chi connectivity index (χ0) is 16.2. The summed E-state index contributed by atoms with van der Waals surface area (Å²) < 4.78 is 11.2. The van der Waals surface area contributed by atoms with Gasteiger partial charge in [-0.1, -0.05) is 48.5 Å². The molecule has 0 N–H and O–H groups in total. The predicted molar refractivity (Wildman–Crippen MR) is 90.9 cm³/mol. The average molecular weight is 306 g/mol. The minimum absolute atomic E-state index is 0.414. The van der Waals surface area contributed by atoms with Crippen molar-refractivity contribution in [2.24, 2.45) is 0 Å². The van der Waals surface area contributed by atoms with Gasteiger partial charge in [-0.3, -0.25) is 0 Å². The summed E-state index contributed by atoms with van der Waals surface area (Å²) in [4.78, 5) is 12.3. The molecule has 0 amide bonds. The molecular formula is C20H18O3. The van der Waals surface area contributed by atoms with Gasteiger partial charge in [0.15, 0.2) is 6.10 Å². The van der Waals surface area contributed by atoms with Crippen LogP contribution in [0.1, 0.15) is 12.5 Å². The number of carbonyl (C=O) groups is 1. The second-order valence-corrected chi connectivity index (χ2v) is 5.47. The van der Waals surface area contributed by atoms with Crippen LogP contribution in [0.3, 0.4) is 0 Å². The van der Waals surface area contributed by atoms with E-state index in [0.717, 1.165) is 16.3 Å². The second kappa shape index (κ2) is 6.53. The molecule has 0 fully saturated rings. The van der Waals surface area contributed by atoms with Crippen LogP contribution >= 0.6 is 0 Å². The third kappa shape index (κ3) is 3.51. The Morgan fingerprint density at radius 3 is 2.52 bits per heavy atom. The third-order valence-electron chi connectivity index (χ3n) is 3.59. The van der Waals surface area contributed by atoms with E-state index in [4.69, 9.17) is 9.47 Å². The molecule has 0 aliphatic rings. The second-order valence-electron chi connectivity index (χ2n) is 5.47. The Morgan fingerprint density at radius 2 is 1.70 bits per heavy atom. The number of hydrogen-bond donors (Lipinski definition) is 0. The maximum atomic E-state index is 12.3. The summed E-state index contributed by atoms with van der Waals surface area (Å²) in [5, 5.41) is 1.94. The van der Waals surface area contributed by atoms with Crippen LogP contribution in [-0.4, -0.2) is 12.1 Å². The highest BCUT2D eigenvalue weighted by atomic mass is 16.6. The molecule has 3 rings (SSSR count). The van der Waals surface area contributed by atoms with Gasteiger partial charge in [0, 0.05) is 5.39 Å². The van der Waals surface area contributed by atoms with Gasteiger partial charge in [0.2, 0.25) is 0 Å². The molecule has 0 heterocycles. The lowest BCUT2D eigenvalue weighted by Crippen LogP contribution is -2.28. The van der Waals surface area contributed by atoms with Crippen LogP contribution < -0.4 is 9.47 Å². The van der Waals surface area contributed by atoms with Gasteiger partial charge in [-0.2, -0.15) is 0 Å². The maximum absolute atomic E-state index is 12.3. The van der Waals surface area contributed by atoms with E-state index in [1.807, 2.05) is 67.6 Å². The monoisotopic (exact) mass is 306 g/mol. The molecule has 0 aromatic heterocycles. The molecule has 0 spiro atoms. The number of esters is 1. The summed E-state index contributed by atoms with van der Waals surface area (Å²) in [5.74, 6) is 0.794. The Labute approximate surface area is 135 Å². The van der Waals surface area contributed by atoms with E-state index in [1.54, 1.807) is 13.0 Å². The van der Waals surface area contributed by atoms with E-state index in [9.17, 15) is 4.79 Å². The fraction of sp³-hybridized carbons (Fsp3) is 0.150. The smallest absolute Gasteiger partial charge is 0.352 e. The number of rotatable bonds is 4. The first-order valence-electron chi connectivity index (χ1n) is 7.56. The van der Waals surface area contributed by atoms with Gasteiger partial charge >= 0.3 is 5.97 Å². The number of hydrogen-bond acceptors (Lipinski definition) is 3. The molecule has 1 atom stereocenters. The molecule has 0 radical (unpaired) electrons. The van der Waals surface area contributed by atoms with Crippen molar-refractivity contribution in [1.29, 1.82) is 0 Å². The molecule has 0 bridgehead atoms. The molecule has 0 aliphatic heterocycles. The third-order valence-corrected chi connectivity index (χ3v) is 3.59. The summed E-state index contributed by atoms with van der Waals surface area (Å²) in [5.41, 5.74) is 1.08. The minimum Gasteiger partial charge on any atom is -0.479 e. The van der Waals surface area contributed by atoms with E-state index in [2.05, 4.69) is 0 Å². The summed E-state index contributed by atoms with van der Waals surface area (Å²) >= 11 is 0. The van der Waals surface area contributed by atoms with Crippen LogP contribution in [0.25, 0.3) is 10.8 Å². The van der Waals surface area contributed by atoms with Crippen LogP contribution in [-0.2, 0) is 4.79 Å². The van der Waals surface area contributed by atoms with Crippen molar-refractivity contribution in [3.63, 3.8) is 0 Å². The van der Waals surface area contributed by atoms with E-state index in [-0.39, 0.29) is 0 Å². The molecule has 0 aliphatic carbocycles. The summed E-state index contributed by atoms with van der Waals surface area (Å²) in [6, 6.07) is 21.0. The molecule has 3 nitrogen and oxygen atoms in total. The van der Waals surface area contributed by atoms with E-state index in [1.165, 1.54) is 0 Å². The molecule has 0 unspecified atom stereocenters. The largest absolute Gasteiger partial charge is 0.479 e. The van der Waals surface area contributed by atoms with E-state index in [0.29, 0.717) is 11.5 Å². The summed E-state index contributed by atoms with van der Waals surface area (Å²) in [6.07, 6.45) is -0.684. The zero-order valence-electron chi connectivity index (χ0n) is 13.2. The fourth-order valence-corrected chi connectivity index (χ4v) is 2.42. The molecule has 116 valence electrons. The van der Waals surface area contributed by atoms with Crippen molar-refractivity contribution < 1.29 is 14.3 Å². The highest BCUT2D eigenvalue weighted by Gasteiger charge is 2.18. The number of ether oxygens (including phenoxy) is 2. The lowest BCUT2D eigenvalue weighted by Gasteiger charge is -2.15. The molecule has 3 aromatic rings. The van der Waals surface area contributed by atoms with E-state index >= 15 is 0 Å². The Balaban J connectivity index is 1.75. The van der Waals surface area contributed by atoms with Gasteiger partial charge in [0.05, 0.1) is 0 Å². The zero-order valence-corrected chi connectivity index (χ0v) is 13.2. The Morgan fingerprint density at radius 1 is 0.957 bits per heavy atom. The Hall–Kier alpha value is -2.81. The SMILES string of the molecule is Cc1cccc(O[C@@H](C)C(=O)Oc2cccc3ccccc23)c1. The first-order valence-corrected chi connectivity index (χ1v) is 7.56. The molecule has 23 heavy (non-hydrogen) atoms. The van der Waals surface area contributed by atoms with Gasteiger partial charge in [-0.25, -0.2) is 4.79 Å². The molecule has 0 saturated carbocycles. The van der Waals surface area contributed by atoms with Crippen LogP contribution in [0.5, 0.6) is 11.5 Å². The van der Waals surface area contributed by atoms with Crippen LogP contribution in [0.15, 0.2) is 66.7 Å². The first-order chi connectivity index (χ1) is 11.1. The van der Waals surface area contributed by atoms with Crippen molar-refractivity contribution >= 4 is 16.7 Å². The topological polar surface area (TPSA) is 35.5 Å². The van der Waals surface area contributed by atoms with Crippen molar-refractivity contribution in [3.05, 3.63) is 72.3 Å². The van der Waals surface area contributed by atoms with Gasteiger partial charge in [-0.05, 0) is 43.0 Å². The standard InChI is InChI=1S/C20H18O3/c1-14-7-5-10-17(13-14)22-15(2)20(21)23-19-12-6-9-16-8-3-4-11-18(16)19/h3-13,15H,1-2H3/t15-/m0/s1. The highest BCUT2D eigenvalue weighted by molar-refractivity contribution is 5.90. The Kier molecular flexibility index (Phi) is 4.29.